The summed E-state index contributed by atoms with van der Waals surface area (Å²) < 4.78 is 2.05. The second kappa shape index (κ2) is 7.70. The Morgan fingerprint density at radius 3 is 2.54 bits per heavy atom. The van der Waals surface area contributed by atoms with E-state index in [0.717, 1.165) is 17.1 Å². The van der Waals surface area contributed by atoms with E-state index >= 15 is 0 Å². The van der Waals surface area contributed by atoms with Gasteiger partial charge in [-0.05, 0) is 45.0 Å². The van der Waals surface area contributed by atoms with Crippen molar-refractivity contribution in [2.75, 3.05) is 11.1 Å². The second-order valence-electron chi connectivity index (χ2n) is 6.76. The smallest absolute Gasteiger partial charge is 0.234 e. The number of amides is 1. The molecule has 3 aromatic rings. The Morgan fingerprint density at radius 1 is 1.12 bits per heavy atom. The number of benzene rings is 1. The van der Waals surface area contributed by atoms with E-state index in [1.807, 2.05) is 47.0 Å². The Morgan fingerprint density at radius 2 is 1.88 bits per heavy atom. The highest BCUT2D eigenvalue weighted by Crippen LogP contribution is 2.30. The van der Waals surface area contributed by atoms with E-state index in [0.29, 0.717) is 5.16 Å². The first-order valence-electron chi connectivity index (χ1n) is 8.29. The highest BCUT2D eigenvalue weighted by Gasteiger charge is 2.24. The normalized spacial score (nSPS) is 11.3. The first kappa shape index (κ1) is 18.1. The fourth-order valence-corrected chi connectivity index (χ4v) is 3.42. The van der Waals surface area contributed by atoms with Gasteiger partial charge >= 0.3 is 0 Å². The van der Waals surface area contributed by atoms with Crippen LogP contribution in [-0.4, -0.2) is 31.4 Å². The number of nitrogens with zero attached hydrogens (tertiary/aromatic N) is 4. The Hall–Kier alpha value is -2.67. The molecule has 0 aliphatic carbocycles. The van der Waals surface area contributed by atoms with Gasteiger partial charge in [-0.2, -0.15) is 0 Å². The average Bonchev–Trinajstić information content (AvgIpc) is 3.06. The summed E-state index contributed by atoms with van der Waals surface area (Å²) in [6, 6.07) is 13.2. The third-order valence-corrected chi connectivity index (χ3v) is 4.54. The van der Waals surface area contributed by atoms with Crippen molar-refractivity contribution in [3.63, 3.8) is 0 Å². The standard InChI is InChI=1S/C19H21N5OS/c1-19(2,3)24-17(14-8-7-11-20-12-14)22-23-18(24)26-13-16(25)21-15-9-5-4-6-10-15/h4-12H,13H2,1-3H3,(H,21,25). The molecule has 0 atom stereocenters. The maximum Gasteiger partial charge on any atom is 0.234 e. The number of carbonyl (C=O) groups is 1. The van der Waals surface area contributed by atoms with Crippen molar-refractivity contribution in [3.05, 3.63) is 54.9 Å². The van der Waals surface area contributed by atoms with E-state index in [1.54, 1.807) is 12.4 Å². The lowest BCUT2D eigenvalue weighted by molar-refractivity contribution is -0.113. The number of rotatable bonds is 5. The molecule has 0 bridgehead atoms. The van der Waals surface area contributed by atoms with Crippen LogP contribution in [0, 0.1) is 0 Å². The third kappa shape index (κ3) is 4.29. The van der Waals surface area contributed by atoms with Gasteiger partial charge in [-0.3, -0.25) is 14.3 Å². The van der Waals surface area contributed by atoms with Crippen LogP contribution in [0.1, 0.15) is 20.8 Å². The second-order valence-corrected chi connectivity index (χ2v) is 7.70. The van der Waals surface area contributed by atoms with E-state index < -0.39 is 0 Å². The van der Waals surface area contributed by atoms with Gasteiger partial charge in [0.15, 0.2) is 11.0 Å². The quantitative estimate of drug-likeness (QED) is 0.694. The number of carbonyl (C=O) groups excluding carboxylic acids is 1. The van der Waals surface area contributed by atoms with Crippen molar-refractivity contribution in [2.45, 2.75) is 31.5 Å². The fourth-order valence-electron chi connectivity index (χ4n) is 2.50. The molecule has 0 fully saturated rings. The lowest BCUT2D eigenvalue weighted by Crippen LogP contribution is -2.24. The minimum absolute atomic E-state index is 0.0763. The predicted molar refractivity (Wildman–Crippen MR) is 104 cm³/mol. The molecule has 26 heavy (non-hydrogen) atoms. The highest BCUT2D eigenvalue weighted by atomic mass is 32.2. The molecule has 0 radical (unpaired) electrons. The first-order chi connectivity index (χ1) is 12.4. The molecule has 6 nitrogen and oxygen atoms in total. The largest absolute Gasteiger partial charge is 0.325 e. The molecule has 134 valence electrons. The number of para-hydroxylation sites is 1. The third-order valence-electron chi connectivity index (χ3n) is 3.61. The number of hydrogen-bond acceptors (Lipinski definition) is 5. The van der Waals surface area contributed by atoms with Gasteiger partial charge in [0.2, 0.25) is 5.91 Å². The van der Waals surface area contributed by atoms with Gasteiger partial charge in [-0.25, -0.2) is 0 Å². The van der Waals surface area contributed by atoms with Crippen LogP contribution in [0.15, 0.2) is 60.0 Å². The van der Waals surface area contributed by atoms with Gasteiger partial charge in [0, 0.05) is 29.2 Å². The molecule has 1 amide bonds. The molecule has 7 heteroatoms. The molecule has 0 saturated carbocycles. The number of thioether (sulfide) groups is 1. The van der Waals surface area contributed by atoms with Crippen LogP contribution in [0.5, 0.6) is 0 Å². The van der Waals surface area contributed by atoms with Gasteiger partial charge in [0.25, 0.3) is 0 Å². The Bertz CT molecular complexity index is 872. The molecular weight excluding hydrogens is 346 g/mol. The fraction of sp³-hybridized carbons (Fsp3) is 0.263. The zero-order valence-electron chi connectivity index (χ0n) is 15.0. The molecule has 2 heterocycles. The van der Waals surface area contributed by atoms with Crippen molar-refractivity contribution in [2.24, 2.45) is 0 Å². The molecule has 0 spiro atoms. The number of pyridine rings is 1. The topological polar surface area (TPSA) is 72.7 Å². The van der Waals surface area contributed by atoms with E-state index in [-0.39, 0.29) is 17.2 Å². The highest BCUT2D eigenvalue weighted by molar-refractivity contribution is 7.99. The average molecular weight is 367 g/mol. The van der Waals surface area contributed by atoms with Crippen LogP contribution < -0.4 is 5.32 Å². The number of nitrogens with one attached hydrogen (secondary N) is 1. The van der Waals surface area contributed by atoms with Crippen molar-refractivity contribution < 1.29 is 4.79 Å². The Labute approximate surface area is 157 Å². The van der Waals surface area contributed by atoms with Crippen LogP contribution in [-0.2, 0) is 10.3 Å². The molecule has 3 rings (SSSR count). The lowest BCUT2D eigenvalue weighted by Gasteiger charge is -2.24. The van der Waals surface area contributed by atoms with E-state index in [9.17, 15) is 4.79 Å². The monoisotopic (exact) mass is 367 g/mol. The molecule has 1 N–H and O–H groups in total. The van der Waals surface area contributed by atoms with E-state index in [1.165, 1.54) is 11.8 Å². The Kier molecular flexibility index (Phi) is 5.37. The summed E-state index contributed by atoms with van der Waals surface area (Å²) in [4.78, 5) is 16.4. The van der Waals surface area contributed by atoms with Gasteiger partial charge in [-0.1, -0.05) is 30.0 Å². The molecule has 1 aromatic carbocycles. The number of hydrogen-bond donors (Lipinski definition) is 1. The molecule has 0 unspecified atom stereocenters. The number of anilines is 1. The maximum atomic E-state index is 12.2. The predicted octanol–water partition coefficient (Wildman–Crippen LogP) is 3.83. The van der Waals surface area contributed by atoms with Crippen LogP contribution in [0.25, 0.3) is 11.4 Å². The van der Waals surface area contributed by atoms with E-state index in [2.05, 4.69) is 41.3 Å². The molecular formula is C19H21N5OS. The summed E-state index contributed by atoms with van der Waals surface area (Å²) in [5.41, 5.74) is 1.45. The van der Waals surface area contributed by atoms with Crippen LogP contribution >= 0.6 is 11.8 Å². The summed E-state index contributed by atoms with van der Waals surface area (Å²) in [5.74, 6) is 0.931. The van der Waals surface area contributed by atoms with Crippen LogP contribution in [0.3, 0.4) is 0 Å². The SMILES string of the molecule is CC(C)(C)n1c(SCC(=O)Nc2ccccc2)nnc1-c1cccnc1. The van der Waals surface area contributed by atoms with Crippen LogP contribution in [0.2, 0.25) is 0 Å². The summed E-state index contributed by atoms with van der Waals surface area (Å²) >= 11 is 1.37. The van der Waals surface area contributed by atoms with Gasteiger partial charge < -0.3 is 5.32 Å². The minimum atomic E-state index is -0.229. The summed E-state index contributed by atoms with van der Waals surface area (Å²) in [6.45, 7) is 6.26. The van der Waals surface area contributed by atoms with Crippen molar-refractivity contribution >= 4 is 23.4 Å². The molecule has 0 aliphatic heterocycles. The van der Waals surface area contributed by atoms with Crippen molar-refractivity contribution in [1.29, 1.82) is 0 Å². The van der Waals surface area contributed by atoms with Gasteiger partial charge in [0.1, 0.15) is 0 Å². The Balaban J connectivity index is 1.78. The summed E-state index contributed by atoms with van der Waals surface area (Å²) in [6.07, 6.45) is 3.49. The summed E-state index contributed by atoms with van der Waals surface area (Å²) in [7, 11) is 0. The zero-order valence-corrected chi connectivity index (χ0v) is 15.8. The summed E-state index contributed by atoms with van der Waals surface area (Å²) in [5, 5.41) is 12.2. The lowest BCUT2D eigenvalue weighted by atomic mass is 10.1. The zero-order chi connectivity index (χ0) is 18.6. The first-order valence-corrected chi connectivity index (χ1v) is 9.28. The van der Waals surface area contributed by atoms with Crippen molar-refractivity contribution in [1.82, 2.24) is 19.7 Å². The van der Waals surface area contributed by atoms with Crippen LogP contribution in [0.4, 0.5) is 5.69 Å². The minimum Gasteiger partial charge on any atom is -0.325 e. The number of aromatic nitrogens is 4. The maximum absolute atomic E-state index is 12.2. The van der Waals surface area contributed by atoms with Crippen molar-refractivity contribution in [3.8, 4) is 11.4 Å². The van der Waals surface area contributed by atoms with Gasteiger partial charge in [0.05, 0.1) is 5.75 Å². The molecule has 0 saturated heterocycles. The van der Waals surface area contributed by atoms with E-state index in [4.69, 9.17) is 0 Å². The van der Waals surface area contributed by atoms with Gasteiger partial charge in [-0.15, -0.1) is 10.2 Å². The molecule has 0 aliphatic rings. The molecule has 2 aromatic heterocycles.